The van der Waals surface area contributed by atoms with Crippen LogP contribution < -0.4 is 10.1 Å². The molecule has 0 aliphatic heterocycles. The van der Waals surface area contributed by atoms with Crippen LogP contribution in [0.5, 0.6) is 11.5 Å². The molecule has 0 spiro atoms. The molecule has 0 aromatic heterocycles. The van der Waals surface area contributed by atoms with E-state index in [2.05, 4.69) is 35.1 Å². The molecule has 2 aromatic rings. The Morgan fingerprint density at radius 3 is 2.55 bits per heavy atom. The molecule has 0 bridgehead atoms. The molecule has 0 fully saturated rings. The van der Waals surface area contributed by atoms with Gasteiger partial charge >= 0.3 is 0 Å². The van der Waals surface area contributed by atoms with Crippen LogP contribution in [0.25, 0.3) is 0 Å². The zero-order valence-electron chi connectivity index (χ0n) is 11.5. The van der Waals surface area contributed by atoms with Gasteiger partial charge in [0.1, 0.15) is 11.5 Å². The Balaban J connectivity index is 2.12. The molecule has 4 heteroatoms. The Bertz CT molecular complexity index is 586. The zero-order valence-corrected chi connectivity index (χ0v) is 13.8. The first-order valence-electron chi connectivity index (χ1n) is 6.50. The topological polar surface area (TPSA) is 21.3 Å². The Morgan fingerprint density at radius 2 is 1.90 bits per heavy atom. The number of hydrogen-bond acceptors (Lipinski definition) is 2. The quantitative estimate of drug-likeness (QED) is 0.777. The van der Waals surface area contributed by atoms with Crippen molar-refractivity contribution in [1.29, 1.82) is 0 Å². The summed E-state index contributed by atoms with van der Waals surface area (Å²) in [7, 11) is 0. The lowest BCUT2D eigenvalue weighted by Gasteiger charge is -2.12. The van der Waals surface area contributed by atoms with Gasteiger partial charge in [0.15, 0.2) is 0 Å². The van der Waals surface area contributed by atoms with Crippen LogP contribution in [0.4, 0.5) is 0 Å². The van der Waals surface area contributed by atoms with E-state index in [0.717, 1.165) is 22.3 Å². The van der Waals surface area contributed by atoms with Crippen molar-refractivity contribution >= 4 is 27.5 Å². The fraction of sp³-hybridized carbons (Fsp3) is 0.250. The van der Waals surface area contributed by atoms with E-state index in [-0.39, 0.29) is 0 Å². The molecule has 0 unspecified atom stereocenters. The monoisotopic (exact) mass is 353 g/mol. The van der Waals surface area contributed by atoms with Crippen molar-refractivity contribution in [2.75, 3.05) is 0 Å². The second-order valence-corrected chi connectivity index (χ2v) is 6.09. The second-order valence-electron chi connectivity index (χ2n) is 4.83. The van der Waals surface area contributed by atoms with Crippen molar-refractivity contribution in [2.45, 2.75) is 26.4 Å². The SMILES string of the molecule is CC(C)NCc1ccc(Oc2ccccc2Br)c(Cl)c1. The van der Waals surface area contributed by atoms with E-state index in [0.29, 0.717) is 16.8 Å². The Morgan fingerprint density at radius 1 is 1.15 bits per heavy atom. The standard InChI is InChI=1S/C16H17BrClNO/c1-11(2)19-10-12-7-8-16(14(18)9-12)20-15-6-4-3-5-13(15)17/h3-9,11,19H,10H2,1-2H3. The third kappa shape index (κ3) is 4.23. The summed E-state index contributed by atoms with van der Waals surface area (Å²) in [5.41, 5.74) is 1.14. The number of hydrogen-bond donors (Lipinski definition) is 1. The smallest absolute Gasteiger partial charge is 0.146 e. The summed E-state index contributed by atoms with van der Waals surface area (Å²) in [6, 6.07) is 14.0. The predicted molar refractivity (Wildman–Crippen MR) is 87.6 cm³/mol. The third-order valence-corrected chi connectivity index (χ3v) is 3.72. The molecule has 0 saturated carbocycles. The average Bonchev–Trinajstić information content (AvgIpc) is 2.41. The van der Waals surface area contributed by atoms with Gasteiger partial charge in [-0.05, 0) is 45.8 Å². The van der Waals surface area contributed by atoms with Crippen LogP contribution in [-0.2, 0) is 6.54 Å². The molecular weight excluding hydrogens is 338 g/mol. The third-order valence-electron chi connectivity index (χ3n) is 2.77. The van der Waals surface area contributed by atoms with Gasteiger partial charge in [-0.1, -0.05) is 43.6 Å². The molecule has 0 aliphatic carbocycles. The van der Waals surface area contributed by atoms with Crippen LogP contribution in [0, 0.1) is 0 Å². The number of benzene rings is 2. The highest BCUT2D eigenvalue weighted by Crippen LogP contribution is 2.33. The van der Waals surface area contributed by atoms with Gasteiger partial charge in [-0.3, -0.25) is 0 Å². The molecule has 0 radical (unpaired) electrons. The Hall–Kier alpha value is -1.03. The van der Waals surface area contributed by atoms with E-state index in [9.17, 15) is 0 Å². The maximum absolute atomic E-state index is 6.28. The van der Waals surface area contributed by atoms with Gasteiger partial charge in [-0.2, -0.15) is 0 Å². The number of ether oxygens (including phenoxy) is 1. The minimum Gasteiger partial charge on any atom is -0.455 e. The van der Waals surface area contributed by atoms with E-state index < -0.39 is 0 Å². The number of rotatable bonds is 5. The van der Waals surface area contributed by atoms with Gasteiger partial charge in [-0.25, -0.2) is 0 Å². The molecule has 0 atom stereocenters. The molecule has 0 saturated heterocycles. The van der Waals surface area contributed by atoms with Gasteiger partial charge in [0.05, 0.1) is 9.50 Å². The maximum atomic E-state index is 6.28. The molecule has 20 heavy (non-hydrogen) atoms. The van der Waals surface area contributed by atoms with Gasteiger partial charge in [-0.15, -0.1) is 0 Å². The van der Waals surface area contributed by atoms with Crippen molar-refractivity contribution < 1.29 is 4.74 Å². The van der Waals surface area contributed by atoms with Gasteiger partial charge in [0.25, 0.3) is 0 Å². The first kappa shape index (κ1) is 15.4. The highest BCUT2D eigenvalue weighted by molar-refractivity contribution is 9.10. The van der Waals surface area contributed by atoms with E-state index in [1.54, 1.807) is 0 Å². The van der Waals surface area contributed by atoms with E-state index in [1.165, 1.54) is 0 Å². The van der Waals surface area contributed by atoms with Crippen molar-refractivity contribution in [2.24, 2.45) is 0 Å². The van der Waals surface area contributed by atoms with Gasteiger partial charge in [0.2, 0.25) is 0 Å². The molecular formula is C16H17BrClNO. The minimum absolute atomic E-state index is 0.449. The van der Waals surface area contributed by atoms with Gasteiger partial charge in [0, 0.05) is 12.6 Å². The summed E-state index contributed by atoms with van der Waals surface area (Å²) in [4.78, 5) is 0. The highest BCUT2D eigenvalue weighted by Gasteiger charge is 2.07. The van der Waals surface area contributed by atoms with Crippen molar-refractivity contribution in [3.8, 4) is 11.5 Å². The predicted octanol–water partition coefficient (Wildman–Crippen LogP) is 5.39. The molecule has 0 heterocycles. The van der Waals surface area contributed by atoms with E-state index in [4.69, 9.17) is 16.3 Å². The fourth-order valence-electron chi connectivity index (χ4n) is 1.71. The highest BCUT2D eigenvalue weighted by atomic mass is 79.9. The first-order valence-corrected chi connectivity index (χ1v) is 7.67. The van der Waals surface area contributed by atoms with Crippen molar-refractivity contribution in [3.63, 3.8) is 0 Å². The lowest BCUT2D eigenvalue weighted by Crippen LogP contribution is -2.21. The fourth-order valence-corrected chi connectivity index (χ4v) is 2.31. The summed E-state index contributed by atoms with van der Waals surface area (Å²) in [6.07, 6.45) is 0. The number of halogens is 2. The Kier molecular flexibility index (Phi) is 5.46. The summed E-state index contributed by atoms with van der Waals surface area (Å²) >= 11 is 9.73. The van der Waals surface area contributed by atoms with Crippen molar-refractivity contribution in [3.05, 3.63) is 57.5 Å². The van der Waals surface area contributed by atoms with Crippen LogP contribution >= 0.6 is 27.5 Å². The van der Waals surface area contributed by atoms with Crippen molar-refractivity contribution in [1.82, 2.24) is 5.32 Å². The van der Waals surface area contributed by atoms with Crippen LogP contribution in [0.2, 0.25) is 5.02 Å². The van der Waals surface area contributed by atoms with E-state index >= 15 is 0 Å². The molecule has 0 aliphatic rings. The average molecular weight is 355 g/mol. The van der Waals surface area contributed by atoms with Crippen LogP contribution in [-0.4, -0.2) is 6.04 Å². The normalized spacial score (nSPS) is 10.8. The van der Waals surface area contributed by atoms with Gasteiger partial charge < -0.3 is 10.1 Å². The maximum Gasteiger partial charge on any atom is 0.146 e. The summed E-state index contributed by atoms with van der Waals surface area (Å²) in [5.74, 6) is 1.41. The zero-order chi connectivity index (χ0) is 14.5. The lowest BCUT2D eigenvalue weighted by molar-refractivity contribution is 0.479. The summed E-state index contributed by atoms with van der Waals surface area (Å²) in [6.45, 7) is 5.03. The number of nitrogens with one attached hydrogen (secondary N) is 1. The molecule has 1 N–H and O–H groups in total. The molecule has 2 aromatic carbocycles. The Labute approximate surface area is 133 Å². The summed E-state index contributed by atoms with van der Waals surface area (Å²) < 4.78 is 6.73. The van der Waals surface area contributed by atoms with Crippen LogP contribution in [0.1, 0.15) is 19.4 Å². The molecule has 0 amide bonds. The number of para-hydroxylation sites is 1. The first-order chi connectivity index (χ1) is 9.56. The second kappa shape index (κ2) is 7.11. The molecule has 2 rings (SSSR count). The lowest BCUT2D eigenvalue weighted by atomic mass is 10.2. The molecule has 106 valence electrons. The minimum atomic E-state index is 0.449. The van der Waals surface area contributed by atoms with E-state index in [1.807, 2.05) is 42.5 Å². The molecule has 2 nitrogen and oxygen atoms in total. The van der Waals surface area contributed by atoms with Crippen LogP contribution in [0.3, 0.4) is 0 Å². The summed E-state index contributed by atoms with van der Waals surface area (Å²) in [5, 5.41) is 3.97. The largest absolute Gasteiger partial charge is 0.455 e. The van der Waals surface area contributed by atoms with Crippen LogP contribution in [0.15, 0.2) is 46.9 Å².